The number of carbonyl (C=O) groups is 1. The largest absolute Gasteiger partial charge is 0.497 e. The van der Waals surface area contributed by atoms with E-state index in [1.165, 1.54) is 0 Å². The predicted octanol–water partition coefficient (Wildman–Crippen LogP) is 6.30. The molecule has 0 aliphatic heterocycles. The van der Waals surface area contributed by atoms with E-state index in [4.69, 9.17) is 19.2 Å². The third-order valence-electron chi connectivity index (χ3n) is 5.55. The molecule has 6 heteroatoms. The van der Waals surface area contributed by atoms with Crippen LogP contribution in [0.4, 0.5) is 0 Å². The molecule has 4 aromatic rings. The highest BCUT2D eigenvalue weighted by molar-refractivity contribution is 5.95. The Bertz CT molecular complexity index is 1330. The minimum Gasteiger partial charge on any atom is -0.497 e. The Morgan fingerprint density at radius 2 is 1.47 bits per heavy atom. The minimum absolute atomic E-state index is 0.160. The van der Waals surface area contributed by atoms with Crippen molar-refractivity contribution in [1.82, 2.24) is 9.55 Å². The fraction of sp³-hybridized carbons (Fsp3) is 0.214. The maximum absolute atomic E-state index is 13.0. The number of carbonyl (C=O) groups excluding carboxylic acids is 1. The number of hydrogen-bond acceptors (Lipinski definition) is 5. The normalized spacial score (nSPS) is 11.6. The zero-order valence-electron chi connectivity index (χ0n) is 20.0. The van der Waals surface area contributed by atoms with Gasteiger partial charge in [-0.2, -0.15) is 0 Å². The molecular formula is C28H28N2O4. The number of nitrogens with zero attached hydrogens (tertiary/aromatic N) is 2. The van der Waals surface area contributed by atoms with Crippen molar-refractivity contribution in [2.24, 2.45) is 0 Å². The molecule has 0 atom stereocenters. The highest BCUT2D eigenvalue weighted by Crippen LogP contribution is 2.28. The van der Waals surface area contributed by atoms with Crippen molar-refractivity contribution in [3.63, 3.8) is 0 Å². The molecule has 0 radical (unpaired) electrons. The summed E-state index contributed by atoms with van der Waals surface area (Å²) in [4.78, 5) is 17.9. The smallest absolute Gasteiger partial charge is 0.343 e. The van der Waals surface area contributed by atoms with E-state index in [0.717, 1.165) is 27.9 Å². The molecule has 0 spiro atoms. The Morgan fingerprint density at radius 1 is 0.882 bits per heavy atom. The Hall–Kier alpha value is -4.06. The third-order valence-corrected chi connectivity index (χ3v) is 5.55. The molecule has 0 fully saturated rings. The number of esters is 1. The quantitative estimate of drug-likeness (QED) is 0.241. The summed E-state index contributed by atoms with van der Waals surface area (Å²) in [5.41, 5.74) is 4.25. The molecule has 0 amide bonds. The molecule has 174 valence electrons. The fourth-order valence-electron chi connectivity index (χ4n) is 3.80. The van der Waals surface area contributed by atoms with Crippen LogP contribution in [0, 0.1) is 6.92 Å². The summed E-state index contributed by atoms with van der Waals surface area (Å²) in [6.45, 7) is 6.28. The average molecular weight is 457 g/mol. The van der Waals surface area contributed by atoms with Gasteiger partial charge in [-0.05, 0) is 87.0 Å². The second kappa shape index (κ2) is 9.83. The van der Waals surface area contributed by atoms with Gasteiger partial charge < -0.3 is 18.8 Å². The molecule has 1 heterocycles. The van der Waals surface area contributed by atoms with E-state index in [2.05, 4.69) is 31.4 Å². The molecule has 0 saturated heterocycles. The highest BCUT2D eigenvalue weighted by Gasteiger charge is 2.17. The molecular weight excluding hydrogens is 428 g/mol. The average Bonchev–Trinajstić information content (AvgIpc) is 3.20. The monoisotopic (exact) mass is 456 g/mol. The van der Waals surface area contributed by atoms with Crippen molar-refractivity contribution < 1.29 is 19.0 Å². The van der Waals surface area contributed by atoms with Gasteiger partial charge >= 0.3 is 5.97 Å². The zero-order valence-corrected chi connectivity index (χ0v) is 20.0. The van der Waals surface area contributed by atoms with Gasteiger partial charge in [0, 0.05) is 17.7 Å². The Kier molecular flexibility index (Phi) is 6.68. The summed E-state index contributed by atoms with van der Waals surface area (Å²) in [6, 6.07) is 20.5. The zero-order chi connectivity index (χ0) is 24.2. The lowest BCUT2D eigenvalue weighted by Gasteiger charge is -2.14. The van der Waals surface area contributed by atoms with Gasteiger partial charge in [0.1, 0.15) is 23.1 Å². The lowest BCUT2D eigenvalue weighted by molar-refractivity contribution is 0.0693. The first-order chi connectivity index (χ1) is 16.4. The molecule has 0 aliphatic carbocycles. The van der Waals surface area contributed by atoms with Crippen LogP contribution in [0.25, 0.3) is 22.9 Å². The van der Waals surface area contributed by atoms with Crippen molar-refractivity contribution in [2.75, 3.05) is 14.2 Å². The molecule has 6 nitrogen and oxygen atoms in total. The number of fused-ring (bicyclic) bond motifs is 1. The molecule has 3 aromatic carbocycles. The van der Waals surface area contributed by atoms with Crippen LogP contribution in [0.5, 0.6) is 11.5 Å². The number of methoxy groups -OCH3 is 2. The molecule has 1 aromatic heterocycles. The summed E-state index contributed by atoms with van der Waals surface area (Å²) in [6.07, 6.45) is 1.82. The van der Waals surface area contributed by atoms with Gasteiger partial charge in [-0.15, -0.1) is 0 Å². The molecule has 0 N–H and O–H groups in total. The molecule has 0 saturated carbocycles. The highest BCUT2D eigenvalue weighted by atomic mass is 16.5. The maximum atomic E-state index is 13.0. The summed E-state index contributed by atoms with van der Waals surface area (Å²) >= 11 is 0. The number of hydrogen-bond donors (Lipinski definition) is 0. The van der Waals surface area contributed by atoms with Crippen molar-refractivity contribution in [1.29, 1.82) is 0 Å². The number of ether oxygens (including phenoxy) is 3. The summed E-state index contributed by atoms with van der Waals surface area (Å²) in [7, 11) is 3.20. The predicted molar refractivity (Wildman–Crippen MR) is 134 cm³/mol. The van der Waals surface area contributed by atoms with Crippen LogP contribution in [0.2, 0.25) is 0 Å². The third kappa shape index (κ3) is 4.81. The topological polar surface area (TPSA) is 62.6 Å². The minimum atomic E-state index is -0.465. The first-order valence-corrected chi connectivity index (χ1v) is 11.1. The van der Waals surface area contributed by atoms with Crippen LogP contribution in [0.3, 0.4) is 0 Å². The Morgan fingerprint density at radius 3 is 2.03 bits per heavy atom. The number of imidazole rings is 1. The number of benzene rings is 3. The van der Waals surface area contributed by atoms with E-state index in [1.54, 1.807) is 38.5 Å². The van der Waals surface area contributed by atoms with Gasteiger partial charge in [-0.3, -0.25) is 0 Å². The maximum Gasteiger partial charge on any atom is 0.343 e. The second-order valence-electron chi connectivity index (χ2n) is 8.28. The van der Waals surface area contributed by atoms with Crippen LogP contribution >= 0.6 is 0 Å². The first kappa shape index (κ1) is 23.1. The molecule has 0 aliphatic rings. The van der Waals surface area contributed by atoms with Gasteiger partial charge in [-0.25, -0.2) is 9.78 Å². The number of aromatic nitrogens is 2. The van der Waals surface area contributed by atoms with E-state index in [0.29, 0.717) is 22.9 Å². The van der Waals surface area contributed by atoms with Gasteiger partial charge in [0.2, 0.25) is 0 Å². The summed E-state index contributed by atoms with van der Waals surface area (Å²) in [5, 5.41) is 0. The van der Waals surface area contributed by atoms with E-state index < -0.39 is 5.97 Å². The van der Waals surface area contributed by atoms with Gasteiger partial charge in [0.15, 0.2) is 0 Å². The molecule has 4 rings (SSSR count). The van der Waals surface area contributed by atoms with Gasteiger partial charge in [-0.1, -0.05) is 6.07 Å². The van der Waals surface area contributed by atoms with E-state index in [-0.39, 0.29) is 6.04 Å². The van der Waals surface area contributed by atoms with Crippen LogP contribution in [0.15, 0.2) is 66.7 Å². The molecule has 34 heavy (non-hydrogen) atoms. The fourth-order valence-corrected chi connectivity index (χ4v) is 3.80. The van der Waals surface area contributed by atoms with E-state index >= 15 is 0 Å². The SMILES string of the molecule is COc1ccc(C(=O)O/C(=C/c2nc3ccc(C)cc3n2C(C)C)c2ccc(OC)cc2)cc1. The summed E-state index contributed by atoms with van der Waals surface area (Å²) in [5.74, 6) is 2.03. The standard InChI is InChI=1S/C28H28N2O4/c1-18(2)30-25-16-19(3)6-15-24(25)29-27(30)17-26(20-7-11-22(32-4)12-8-20)34-28(31)21-9-13-23(33-5)14-10-21/h6-18H,1-5H3/b26-17+. The number of rotatable bonds is 7. The van der Waals surface area contributed by atoms with Crippen molar-refractivity contribution in [3.05, 3.63) is 89.2 Å². The molecule has 0 bridgehead atoms. The second-order valence-corrected chi connectivity index (χ2v) is 8.28. The Balaban J connectivity index is 1.80. The van der Waals surface area contributed by atoms with Crippen LogP contribution in [-0.4, -0.2) is 29.7 Å². The lowest BCUT2D eigenvalue weighted by atomic mass is 10.1. The summed E-state index contributed by atoms with van der Waals surface area (Å²) < 4.78 is 18.5. The van der Waals surface area contributed by atoms with Gasteiger partial charge in [0.25, 0.3) is 0 Å². The molecule has 0 unspecified atom stereocenters. The van der Waals surface area contributed by atoms with Gasteiger partial charge in [0.05, 0.1) is 30.8 Å². The Labute approximate surface area is 199 Å². The van der Waals surface area contributed by atoms with Crippen LogP contribution in [-0.2, 0) is 4.74 Å². The van der Waals surface area contributed by atoms with Crippen molar-refractivity contribution in [2.45, 2.75) is 26.8 Å². The van der Waals surface area contributed by atoms with E-state index in [1.807, 2.05) is 42.5 Å². The van der Waals surface area contributed by atoms with E-state index in [9.17, 15) is 4.79 Å². The van der Waals surface area contributed by atoms with Crippen molar-refractivity contribution in [3.8, 4) is 11.5 Å². The first-order valence-electron chi connectivity index (χ1n) is 11.1. The van der Waals surface area contributed by atoms with Crippen LogP contribution < -0.4 is 9.47 Å². The number of aryl methyl sites for hydroxylation is 1. The van der Waals surface area contributed by atoms with Crippen LogP contribution in [0.1, 0.15) is 47.2 Å². The van der Waals surface area contributed by atoms with Crippen molar-refractivity contribution >= 4 is 28.8 Å². The lowest BCUT2D eigenvalue weighted by Crippen LogP contribution is -2.07.